The summed E-state index contributed by atoms with van der Waals surface area (Å²) in [6, 6.07) is 6.86. The van der Waals surface area contributed by atoms with E-state index in [9.17, 15) is 9.59 Å². The van der Waals surface area contributed by atoms with Crippen molar-refractivity contribution in [1.82, 2.24) is 10.6 Å². The summed E-state index contributed by atoms with van der Waals surface area (Å²) < 4.78 is 0. The van der Waals surface area contributed by atoms with Crippen molar-refractivity contribution in [3.05, 3.63) is 35.4 Å². The first kappa shape index (κ1) is 17.5. The normalized spacial score (nSPS) is 15.7. The Labute approximate surface area is 141 Å². The number of carbonyl (C=O) groups excluding carboxylic acids is 2. The number of hydrogen-bond acceptors (Lipinski definition) is 4. The SMILES string of the molecule is CC(NC(=O)c1ccc(C(C)(C)C)cc1)C(=O)NC1=NCCS1. The molecule has 0 aromatic heterocycles. The summed E-state index contributed by atoms with van der Waals surface area (Å²) in [5, 5.41) is 6.07. The molecule has 124 valence electrons. The third-order valence-electron chi connectivity index (χ3n) is 3.57. The van der Waals surface area contributed by atoms with E-state index in [1.54, 1.807) is 19.1 Å². The summed E-state index contributed by atoms with van der Waals surface area (Å²) in [4.78, 5) is 28.4. The number of thioether (sulfide) groups is 1. The molecule has 0 radical (unpaired) electrons. The Bertz CT molecular complexity index is 618. The molecule has 1 aliphatic heterocycles. The van der Waals surface area contributed by atoms with Crippen LogP contribution in [0.2, 0.25) is 0 Å². The first-order valence-corrected chi connectivity index (χ1v) is 8.65. The quantitative estimate of drug-likeness (QED) is 0.892. The minimum absolute atomic E-state index is 0.0435. The highest BCUT2D eigenvalue weighted by Gasteiger charge is 2.20. The van der Waals surface area contributed by atoms with Crippen LogP contribution in [0.4, 0.5) is 0 Å². The lowest BCUT2D eigenvalue weighted by Gasteiger charge is -2.19. The van der Waals surface area contributed by atoms with Gasteiger partial charge in [-0.2, -0.15) is 0 Å². The number of amides is 2. The Balaban J connectivity index is 1.93. The first-order chi connectivity index (χ1) is 10.8. The molecule has 23 heavy (non-hydrogen) atoms. The van der Waals surface area contributed by atoms with Crippen molar-refractivity contribution in [1.29, 1.82) is 0 Å². The zero-order valence-corrected chi connectivity index (χ0v) is 14.8. The molecule has 0 spiro atoms. The average molecular weight is 333 g/mol. The van der Waals surface area contributed by atoms with Crippen molar-refractivity contribution < 1.29 is 9.59 Å². The molecule has 1 aliphatic rings. The van der Waals surface area contributed by atoms with Gasteiger partial charge in [0.2, 0.25) is 5.91 Å². The van der Waals surface area contributed by atoms with Gasteiger partial charge in [0, 0.05) is 11.3 Å². The number of nitrogens with zero attached hydrogens (tertiary/aromatic N) is 1. The number of aliphatic imine (C=N–C) groups is 1. The smallest absolute Gasteiger partial charge is 0.251 e. The van der Waals surface area contributed by atoms with Gasteiger partial charge in [0.05, 0.1) is 6.54 Å². The monoisotopic (exact) mass is 333 g/mol. The third-order valence-corrected chi connectivity index (χ3v) is 4.46. The summed E-state index contributed by atoms with van der Waals surface area (Å²) in [6.45, 7) is 8.76. The fraction of sp³-hybridized carbons (Fsp3) is 0.471. The van der Waals surface area contributed by atoms with Gasteiger partial charge in [0.15, 0.2) is 5.17 Å². The van der Waals surface area contributed by atoms with Crippen LogP contribution in [0.3, 0.4) is 0 Å². The van der Waals surface area contributed by atoms with Gasteiger partial charge in [0.1, 0.15) is 6.04 Å². The summed E-state index contributed by atoms with van der Waals surface area (Å²) in [5.74, 6) is 0.378. The van der Waals surface area contributed by atoms with E-state index in [4.69, 9.17) is 0 Å². The number of amidine groups is 1. The van der Waals surface area contributed by atoms with Gasteiger partial charge in [-0.1, -0.05) is 44.7 Å². The molecule has 0 saturated carbocycles. The second-order valence-corrected chi connectivity index (χ2v) is 7.63. The van der Waals surface area contributed by atoms with Crippen LogP contribution in [0.1, 0.15) is 43.6 Å². The first-order valence-electron chi connectivity index (χ1n) is 7.67. The standard InChI is InChI=1S/C17H23N3O2S/c1-11(14(21)20-16-18-9-10-23-16)19-15(22)12-5-7-13(8-6-12)17(2,3)4/h5-8,11H,9-10H2,1-4H3,(H,19,22)(H,18,20,21). The maximum absolute atomic E-state index is 12.2. The van der Waals surface area contributed by atoms with Crippen LogP contribution in [0.15, 0.2) is 29.3 Å². The van der Waals surface area contributed by atoms with E-state index in [1.807, 2.05) is 12.1 Å². The highest BCUT2D eigenvalue weighted by Crippen LogP contribution is 2.22. The highest BCUT2D eigenvalue weighted by molar-refractivity contribution is 8.14. The van der Waals surface area contributed by atoms with Gasteiger partial charge >= 0.3 is 0 Å². The van der Waals surface area contributed by atoms with Crippen molar-refractivity contribution in [2.24, 2.45) is 4.99 Å². The fourth-order valence-electron chi connectivity index (χ4n) is 2.09. The second-order valence-electron chi connectivity index (χ2n) is 6.55. The van der Waals surface area contributed by atoms with E-state index in [0.717, 1.165) is 17.9 Å². The van der Waals surface area contributed by atoms with E-state index >= 15 is 0 Å². The molecule has 5 nitrogen and oxygen atoms in total. The van der Waals surface area contributed by atoms with E-state index < -0.39 is 6.04 Å². The maximum Gasteiger partial charge on any atom is 0.251 e. The summed E-state index contributed by atoms with van der Waals surface area (Å²) in [6.07, 6.45) is 0. The average Bonchev–Trinajstić information content (AvgIpc) is 2.99. The predicted molar refractivity (Wildman–Crippen MR) is 95.0 cm³/mol. The van der Waals surface area contributed by atoms with Gasteiger partial charge in [-0.05, 0) is 30.0 Å². The number of hydrogen-bond donors (Lipinski definition) is 2. The molecule has 2 amide bonds. The minimum Gasteiger partial charge on any atom is -0.341 e. The van der Waals surface area contributed by atoms with Crippen LogP contribution in [0, 0.1) is 0 Å². The van der Waals surface area contributed by atoms with Crippen molar-refractivity contribution in [2.45, 2.75) is 39.2 Å². The molecule has 0 saturated heterocycles. The van der Waals surface area contributed by atoms with Crippen LogP contribution < -0.4 is 10.6 Å². The summed E-state index contributed by atoms with van der Waals surface area (Å²) in [5.41, 5.74) is 1.75. The zero-order chi connectivity index (χ0) is 17.0. The lowest BCUT2D eigenvalue weighted by atomic mass is 9.86. The van der Waals surface area contributed by atoms with Crippen molar-refractivity contribution >= 4 is 28.7 Å². The zero-order valence-electron chi connectivity index (χ0n) is 14.0. The molecule has 1 atom stereocenters. The maximum atomic E-state index is 12.2. The van der Waals surface area contributed by atoms with Gasteiger partial charge in [-0.15, -0.1) is 0 Å². The fourth-order valence-corrected chi connectivity index (χ4v) is 2.82. The van der Waals surface area contributed by atoms with E-state index in [0.29, 0.717) is 10.7 Å². The van der Waals surface area contributed by atoms with Crippen molar-refractivity contribution in [3.63, 3.8) is 0 Å². The van der Waals surface area contributed by atoms with Crippen LogP contribution >= 0.6 is 11.8 Å². The van der Waals surface area contributed by atoms with Crippen LogP contribution in [0.25, 0.3) is 0 Å². The van der Waals surface area contributed by atoms with E-state index in [-0.39, 0.29) is 17.2 Å². The van der Waals surface area contributed by atoms with E-state index in [1.165, 1.54) is 11.8 Å². The molecule has 1 heterocycles. The summed E-state index contributed by atoms with van der Waals surface area (Å²) in [7, 11) is 0. The Morgan fingerprint density at radius 1 is 1.22 bits per heavy atom. The third kappa shape index (κ3) is 4.82. The van der Waals surface area contributed by atoms with Gasteiger partial charge in [0.25, 0.3) is 5.91 Å². The molecular formula is C17H23N3O2S. The molecule has 0 aliphatic carbocycles. The molecular weight excluding hydrogens is 310 g/mol. The largest absolute Gasteiger partial charge is 0.341 e. The van der Waals surface area contributed by atoms with Crippen LogP contribution in [0.5, 0.6) is 0 Å². The Morgan fingerprint density at radius 3 is 2.39 bits per heavy atom. The Morgan fingerprint density at radius 2 is 1.87 bits per heavy atom. The van der Waals surface area contributed by atoms with Crippen molar-refractivity contribution in [2.75, 3.05) is 12.3 Å². The van der Waals surface area contributed by atoms with Gasteiger partial charge in [-0.3, -0.25) is 14.6 Å². The molecule has 0 bridgehead atoms. The number of rotatable bonds is 3. The second kappa shape index (κ2) is 7.17. The molecule has 2 N–H and O–H groups in total. The minimum atomic E-state index is -0.617. The molecule has 1 unspecified atom stereocenters. The topological polar surface area (TPSA) is 70.6 Å². The molecule has 0 fully saturated rings. The van der Waals surface area contributed by atoms with Crippen LogP contribution in [-0.4, -0.2) is 35.3 Å². The Kier molecular flexibility index (Phi) is 5.46. The van der Waals surface area contributed by atoms with E-state index in [2.05, 4.69) is 36.4 Å². The predicted octanol–water partition coefficient (Wildman–Crippen LogP) is 2.32. The lowest BCUT2D eigenvalue weighted by molar-refractivity contribution is -0.121. The number of benzene rings is 1. The van der Waals surface area contributed by atoms with Gasteiger partial charge in [-0.25, -0.2) is 0 Å². The Hall–Kier alpha value is -1.82. The molecule has 6 heteroatoms. The number of nitrogens with one attached hydrogen (secondary N) is 2. The highest BCUT2D eigenvalue weighted by atomic mass is 32.2. The van der Waals surface area contributed by atoms with Gasteiger partial charge < -0.3 is 10.6 Å². The lowest BCUT2D eigenvalue weighted by Crippen LogP contribution is -2.45. The summed E-state index contributed by atoms with van der Waals surface area (Å²) >= 11 is 1.51. The molecule has 1 aromatic rings. The van der Waals surface area contributed by atoms with Crippen molar-refractivity contribution in [3.8, 4) is 0 Å². The molecule has 2 rings (SSSR count). The van der Waals surface area contributed by atoms with Crippen LogP contribution in [-0.2, 0) is 10.2 Å². The molecule has 1 aromatic carbocycles. The number of carbonyl (C=O) groups is 2.